The molecule has 1 unspecified atom stereocenters. The van der Waals surface area contributed by atoms with Gasteiger partial charge in [-0.15, -0.1) is 11.3 Å². The molecule has 0 radical (unpaired) electrons. The van der Waals surface area contributed by atoms with Crippen LogP contribution in [0.1, 0.15) is 29.6 Å². The van der Waals surface area contributed by atoms with Crippen LogP contribution >= 0.6 is 11.3 Å². The Kier molecular flexibility index (Phi) is 3.11. The molecule has 0 amide bonds. The van der Waals surface area contributed by atoms with Crippen molar-refractivity contribution in [2.75, 3.05) is 6.54 Å². The van der Waals surface area contributed by atoms with Crippen molar-refractivity contribution < 1.29 is 0 Å². The molecule has 2 aromatic rings. The van der Waals surface area contributed by atoms with E-state index < -0.39 is 0 Å². The lowest BCUT2D eigenvalue weighted by Crippen LogP contribution is -2.23. The quantitative estimate of drug-likeness (QED) is 0.833. The first kappa shape index (κ1) is 10.8. The van der Waals surface area contributed by atoms with Gasteiger partial charge in [0.05, 0.1) is 18.3 Å². The second-order valence-corrected chi connectivity index (χ2v) is 5.16. The van der Waals surface area contributed by atoms with Gasteiger partial charge < -0.3 is 0 Å². The Morgan fingerprint density at radius 1 is 1.29 bits per heavy atom. The van der Waals surface area contributed by atoms with Crippen LogP contribution in [-0.2, 0) is 6.54 Å². The number of hydrogen-bond donors (Lipinski definition) is 0. The molecule has 4 nitrogen and oxygen atoms in total. The standard InChI is InChI=1S/C12H14N4S/c1-2-11(10-8-13-3-4-14-10)16(6-1)9-12-15-5-7-17-12/h3-5,7-8,11H,1-2,6,9H2. The predicted molar refractivity (Wildman–Crippen MR) is 66.5 cm³/mol. The van der Waals surface area contributed by atoms with Crippen molar-refractivity contribution in [3.05, 3.63) is 40.9 Å². The zero-order valence-corrected chi connectivity index (χ0v) is 10.3. The fraction of sp³-hybridized carbons (Fsp3) is 0.417. The van der Waals surface area contributed by atoms with Crippen molar-refractivity contribution in [2.24, 2.45) is 0 Å². The largest absolute Gasteiger partial charge is 0.288 e. The first-order valence-corrected chi connectivity index (χ1v) is 6.70. The lowest BCUT2D eigenvalue weighted by Gasteiger charge is -2.22. The summed E-state index contributed by atoms with van der Waals surface area (Å²) in [5.74, 6) is 0. The monoisotopic (exact) mass is 246 g/mol. The highest BCUT2D eigenvalue weighted by Gasteiger charge is 2.27. The van der Waals surface area contributed by atoms with Crippen LogP contribution in [0.3, 0.4) is 0 Å². The number of thiazole rings is 1. The molecule has 1 aliphatic heterocycles. The molecule has 1 saturated heterocycles. The summed E-state index contributed by atoms with van der Waals surface area (Å²) >= 11 is 1.72. The van der Waals surface area contributed by atoms with E-state index in [1.807, 2.05) is 17.8 Å². The van der Waals surface area contributed by atoms with Gasteiger partial charge in [0, 0.05) is 30.2 Å². The van der Waals surface area contributed by atoms with Crippen LogP contribution in [0.5, 0.6) is 0 Å². The number of hydrogen-bond acceptors (Lipinski definition) is 5. The molecule has 1 atom stereocenters. The van der Waals surface area contributed by atoms with Crippen molar-refractivity contribution in [1.29, 1.82) is 0 Å². The molecule has 0 N–H and O–H groups in total. The molecule has 0 saturated carbocycles. The fourth-order valence-corrected chi connectivity index (χ4v) is 2.98. The van der Waals surface area contributed by atoms with Crippen LogP contribution in [0.25, 0.3) is 0 Å². The summed E-state index contributed by atoms with van der Waals surface area (Å²) in [6.07, 6.45) is 9.65. The molecule has 17 heavy (non-hydrogen) atoms. The molecule has 0 aliphatic carbocycles. The Balaban J connectivity index is 1.76. The molecule has 3 rings (SSSR count). The van der Waals surface area contributed by atoms with E-state index in [1.54, 1.807) is 23.7 Å². The van der Waals surface area contributed by atoms with E-state index in [-0.39, 0.29) is 0 Å². The molecule has 3 heterocycles. The highest BCUT2D eigenvalue weighted by atomic mass is 32.1. The molecule has 5 heteroatoms. The molecular formula is C12H14N4S. The first-order valence-electron chi connectivity index (χ1n) is 5.82. The lowest BCUT2D eigenvalue weighted by molar-refractivity contribution is 0.243. The van der Waals surface area contributed by atoms with Gasteiger partial charge in [-0.25, -0.2) is 4.98 Å². The van der Waals surface area contributed by atoms with E-state index in [1.165, 1.54) is 17.8 Å². The first-order chi connectivity index (χ1) is 8.43. The molecule has 0 aromatic carbocycles. The number of likely N-dealkylation sites (tertiary alicyclic amines) is 1. The van der Waals surface area contributed by atoms with Gasteiger partial charge in [0.2, 0.25) is 0 Å². The average Bonchev–Trinajstić information content (AvgIpc) is 3.02. The molecule has 1 aliphatic rings. The van der Waals surface area contributed by atoms with Crippen LogP contribution < -0.4 is 0 Å². The summed E-state index contributed by atoms with van der Waals surface area (Å²) in [4.78, 5) is 15.4. The Morgan fingerprint density at radius 3 is 3.06 bits per heavy atom. The minimum atomic E-state index is 0.410. The fourth-order valence-electron chi connectivity index (χ4n) is 2.34. The van der Waals surface area contributed by atoms with E-state index >= 15 is 0 Å². The number of nitrogens with zero attached hydrogens (tertiary/aromatic N) is 4. The maximum absolute atomic E-state index is 4.42. The molecule has 2 aromatic heterocycles. The Morgan fingerprint density at radius 2 is 2.29 bits per heavy atom. The van der Waals surface area contributed by atoms with E-state index in [0.717, 1.165) is 18.8 Å². The van der Waals surface area contributed by atoms with Crippen molar-refractivity contribution in [3.8, 4) is 0 Å². The maximum atomic E-state index is 4.42. The van der Waals surface area contributed by atoms with Crippen LogP contribution in [0, 0.1) is 0 Å². The van der Waals surface area contributed by atoms with Crippen LogP contribution in [0.15, 0.2) is 30.2 Å². The minimum absolute atomic E-state index is 0.410. The highest BCUT2D eigenvalue weighted by molar-refractivity contribution is 7.09. The smallest absolute Gasteiger partial charge is 0.107 e. The third-order valence-corrected chi connectivity index (χ3v) is 3.87. The molecule has 88 valence electrons. The Labute approximate surface area is 104 Å². The van der Waals surface area contributed by atoms with E-state index in [2.05, 4.69) is 19.9 Å². The van der Waals surface area contributed by atoms with Crippen LogP contribution in [0.2, 0.25) is 0 Å². The predicted octanol–water partition coefficient (Wildman–Crippen LogP) is 2.27. The second-order valence-electron chi connectivity index (χ2n) is 4.18. The number of rotatable bonds is 3. The zero-order chi connectivity index (χ0) is 11.5. The van der Waals surface area contributed by atoms with Gasteiger partial charge >= 0.3 is 0 Å². The van der Waals surface area contributed by atoms with Gasteiger partial charge in [0.15, 0.2) is 0 Å². The zero-order valence-electron chi connectivity index (χ0n) is 9.49. The van der Waals surface area contributed by atoms with Crippen molar-refractivity contribution in [1.82, 2.24) is 19.9 Å². The Hall–Kier alpha value is -1.33. The second kappa shape index (κ2) is 4.89. The van der Waals surface area contributed by atoms with E-state index in [9.17, 15) is 0 Å². The van der Waals surface area contributed by atoms with Gasteiger partial charge in [-0.1, -0.05) is 0 Å². The van der Waals surface area contributed by atoms with Crippen molar-refractivity contribution in [2.45, 2.75) is 25.4 Å². The van der Waals surface area contributed by atoms with Crippen molar-refractivity contribution in [3.63, 3.8) is 0 Å². The SMILES string of the molecule is c1cnc(C2CCCN2Cc2nccs2)cn1. The minimum Gasteiger partial charge on any atom is -0.288 e. The third-order valence-electron chi connectivity index (χ3n) is 3.11. The summed E-state index contributed by atoms with van der Waals surface area (Å²) in [6.45, 7) is 2.06. The van der Waals surface area contributed by atoms with E-state index in [4.69, 9.17) is 0 Å². The topological polar surface area (TPSA) is 41.9 Å². The highest BCUT2D eigenvalue weighted by Crippen LogP contribution is 2.31. The van der Waals surface area contributed by atoms with Gasteiger partial charge in [0.25, 0.3) is 0 Å². The third kappa shape index (κ3) is 2.35. The van der Waals surface area contributed by atoms with Gasteiger partial charge in [-0.3, -0.25) is 14.9 Å². The summed E-state index contributed by atoms with van der Waals surface area (Å²) in [5.41, 5.74) is 1.08. The van der Waals surface area contributed by atoms with Gasteiger partial charge in [-0.05, 0) is 19.4 Å². The average molecular weight is 246 g/mol. The Bertz CT molecular complexity index is 457. The van der Waals surface area contributed by atoms with Crippen LogP contribution in [-0.4, -0.2) is 26.4 Å². The molecule has 0 spiro atoms. The molecular weight excluding hydrogens is 232 g/mol. The summed E-state index contributed by atoms with van der Waals surface area (Å²) < 4.78 is 0. The summed E-state index contributed by atoms with van der Waals surface area (Å²) in [6, 6.07) is 0.410. The summed E-state index contributed by atoms with van der Waals surface area (Å²) in [5, 5.41) is 3.21. The van der Waals surface area contributed by atoms with Gasteiger partial charge in [0.1, 0.15) is 5.01 Å². The normalized spacial score (nSPS) is 20.8. The molecule has 0 bridgehead atoms. The molecule has 1 fully saturated rings. The summed E-state index contributed by atoms with van der Waals surface area (Å²) in [7, 11) is 0. The lowest BCUT2D eigenvalue weighted by atomic mass is 10.1. The van der Waals surface area contributed by atoms with Crippen LogP contribution in [0.4, 0.5) is 0 Å². The van der Waals surface area contributed by atoms with Gasteiger partial charge in [-0.2, -0.15) is 0 Å². The van der Waals surface area contributed by atoms with E-state index in [0.29, 0.717) is 6.04 Å². The maximum Gasteiger partial charge on any atom is 0.107 e. The van der Waals surface area contributed by atoms with Crippen molar-refractivity contribution >= 4 is 11.3 Å². The number of aromatic nitrogens is 3.